The Bertz CT molecular complexity index is 774. The highest BCUT2D eigenvalue weighted by Gasteiger charge is 2.15. The van der Waals surface area contributed by atoms with Crippen molar-refractivity contribution in [2.75, 3.05) is 0 Å². The highest BCUT2D eigenvalue weighted by molar-refractivity contribution is 5.75. The zero-order valence-electron chi connectivity index (χ0n) is 10.4. The van der Waals surface area contributed by atoms with Gasteiger partial charge in [0.25, 0.3) is 5.56 Å². The minimum Gasteiger partial charge on any atom is -0.274 e. The number of aryl methyl sites for hydroxylation is 1. The smallest absolute Gasteiger partial charge is 0.274 e. The topological polar surface area (TPSA) is 61.1 Å². The predicted molar refractivity (Wildman–Crippen MR) is 67.3 cm³/mol. The first-order valence-electron chi connectivity index (χ1n) is 5.54. The molecule has 0 aliphatic carbocycles. The third-order valence-electron chi connectivity index (χ3n) is 2.74. The van der Waals surface area contributed by atoms with Gasteiger partial charge in [-0.2, -0.15) is 4.39 Å². The van der Waals surface area contributed by atoms with Crippen molar-refractivity contribution in [2.45, 2.75) is 13.8 Å². The van der Waals surface area contributed by atoms with Crippen molar-refractivity contribution in [3.63, 3.8) is 0 Å². The monoisotopic (exact) mass is 262 g/mol. The van der Waals surface area contributed by atoms with Crippen molar-refractivity contribution < 1.29 is 9.18 Å². The Hall–Kier alpha value is -2.50. The lowest BCUT2D eigenvalue weighted by molar-refractivity contribution is 0.0927. The molecule has 6 heteroatoms. The van der Waals surface area contributed by atoms with Crippen molar-refractivity contribution >= 4 is 5.91 Å². The van der Waals surface area contributed by atoms with Crippen LogP contribution < -0.4 is 11.2 Å². The molecule has 0 saturated carbocycles. The zero-order chi connectivity index (χ0) is 14.2. The van der Waals surface area contributed by atoms with Gasteiger partial charge in [0.2, 0.25) is 11.7 Å². The molecule has 19 heavy (non-hydrogen) atoms. The molecule has 2 aromatic rings. The third kappa shape index (κ3) is 2.12. The zero-order valence-corrected chi connectivity index (χ0v) is 10.4. The van der Waals surface area contributed by atoms with Crippen LogP contribution in [0.1, 0.15) is 17.3 Å². The average Bonchev–Trinajstić information content (AvgIpc) is 2.36. The fourth-order valence-corrected chi connectivity index (χ4v) is 1.78. The van der Waals surface area contributed by atoms with Gasteiger partial charge < -0.3 is 0 Å². The molecule has 0 unspecified atom stereocenters. The molecule has 0 fully saturated rings. The normalized spacial score (nSPS) is 10.5. The number of rotatable bonds is 1. The van der Waals surface area contributed by atoms with Gasteiger partial charge in [0.15, 0.2) is 0 Å². The standard InChI is InChI=1S/C13H11FN2O3/c1-8-5-3-4-6-11(8)16-12(18)10(14)7-15(9(2)17)13(16)19/h3-7H,1-2H3. The van der Waals surface area contributed by atoms with Gasteiger partial charge in [-0.25, -0.2) is 13.9 Å². The van der Waals surface area contributed by atoms with Crippen molar-refractivity contribution in [2.24, 2.45) is 0 Å². The first kappa shape index (κ1) is 12.9. The van der Waals surface area contributed by atoms with Crippen LogP contribution in [0.15, 0.2) is 40.1 Å². The molecule has 0 bridgehead atoms. The molecule has 0 atom stereocenters. The van der Waals surface area contributed by atoms with Gasteiger partial charge in [0.05, 0.1) is 11.9 Å². The van der Waals surface area contributed by atoms with Crippen molar-refractivity contribution in [1.29, 1.82) is 0 Å². The summed E-state index contributed by atoms with van der Waals surface area (Å²) in [6, 6.07) is 6.55. The van der Waals surface area contributed by atoms with E-state index in [0.29, 0.717) is 20.9 Å². The van der Waals surface area contributed by atoms with Crippen LogP contribution in [0, 0.1) is 12.7 Å². The van der Waals surface area contributed by atoms with E-state index in [1.165, 1.54) is 6.07 Å². The largest absolute Gasteiger partial charge is 0.342 e. The first-order valence-corrected chi connectivity index (χ1v) is 5.54. The van der Waals surface area contributed by atoms with Crippen LogP contribution in [0.3, 0.4) is 0 Å². The van der Waals surface area contributed by atoms with Gasteiger partial charge in [-0.3, -0.25) is 9.59 Å². The summed E-state index contributed by atoms with van der Waals surface area (Å²) in [5, 5.41) is 0. The summed E-state index contributed by atoms with van der Waals surface area (Å²) < 4.78 is 14.8. The summed E-state index contributed by atoms with van der Waals surface area (Å²) in [5.74, 6) is -1.82. The van der Waals surface area contributed by atoms with Crippen LogP contribution in [0.2, 0.25) is 0 Å². The maximum atomic E-state index is 13.6. The quantitative estimate of drug-likeness (QED) is 0.773. The van der Waals surface area contributed by atoms with Gasteiger partial charge in [-0.15, -0.1) is 0 Å². The molecule has 0 spiro atoms. The molecule has 1 heterocycles. The van der Waals surface area contributed by atoms with E-state index in [1.54, 1.807) is 25.1 Å². The number of para-hydroxylation sites is 1. The molecular formula is C13H11FN2O3. The van der Waals surface area contributed by atoms with Gasteiger partial charge in [0, 0.05) is 6.92 Å². The number of carbonyl (C=O) groups is 1. The molecule has 0 aliphatic rings. The molecular weight excluding hydrogens is 251 g/mol. The first-order chi connectivity index (χ1) is 8.93. The predicted octanol–water partition coefficient (Wildman–Crippen LogP) is 1.11. The van der Waals surface area contributed by atoms with Crippen LogP contribution in [0.25, 0.3) is 5.69 Å². The van der Waals surface area contributed by atoms with Crippen LogP contribution in [-0.2, 0) is 0 Å². The number of hydrogen-bond donors (Lipinski definition) is 0. The summed E-state index contributed by atoms with van der Waals surface area (Å²) in [6.07, 6.45) is 0.613. The molecule has 1 aromatic carbocycles. The molecule has 0 amide bonds. The third-order valence-corrected chi connectivity index (χ3v) is 2.74. The molecule has 2 rings (SSSR count). The Kier molecular flexibility index (Phi) is 3.16. The van der Waals surface area contributed by atoms with Crippen LogP contribution in [0.4, 0.5) is 4.39 Å². The number of hydrogen-bond acceptors (Lipinski definition) is 3. The SMILES string of the molecule is CC(=O)n1cc(F)c(=O)n(-c2ccccc2C)c1=O. The molecule has 0 N–H and O–H groups in total. The van der Waals surface area contributed by atoms with E-state index in [2.05, 4.69) is 0 Å². The summed E-state index contributed by atoms with van der Waals surface area (Å²) in [4.78, 5) is 35.1. The maximum absolute atomic E-state index is 13.6. The highest BCUT2D eigenvalue weighted by atomic mass is 19.1. The fourth-order valence-electron chi connectivity index (χ4n) is 1.78. The van der Waals surface area contributed by atoms with E-state index in [4.69, 9.17) is 0 Å². The molecule has 0 saturated heterocycles. The molecule has 98 valence electrons. The van der Waals surface area contributed by atoms with E-state index in [0.717, 1.165) is 6.92 Å². The second-order valence-corrected chi connectivity index (χ2v) is 4.08. The number of nitrogens with zero attached hydrogens (tertiary/aromatic N) is 2. The number of halogens is 1. The second-order valence-electron chi connectivity index (χ2n) is 4.08. The highest BCUT2D eigenvalue weighted by Crippen LogP contribution is 2.09. The van der Waals surface area contributed by atoms with Crippen LogP contribution in [0.5, 0.6) is 0 Å². The summed E-state index contributed by atoms with van der Waals surface area (Å²) in [7, 11) is 0. The molecule has 0 radical (unpaired) electrons. The Morgan fingerprint density at radius 1 is 1.21 bits per heavy atom. The second kappa shape index (κ2) is 4.64. The Balaban J connectivity index is 2.92. The summed E-state index contributed by atoms with van der Waals surface area (Å²) in [5.41, 5.74) is -1.07. The minimum absolute atomic E-state index is 0.256. The Morgan fingerprint density at radius 3 is 2.42 bits per heavy atom. The summed E-state index contributed by atoms with van der Waals surface area (Å²) in [6.45, 7) is 2.80. The lowest BCUT2D eigenvalue weighted by Gasteiger charge is -2.10. The Labute approximate surface area is 107 Å². The fraction of sp³-hybridized carbons (Fsp3) is 0.154. The van der Waals surface area contributed by atoms with E-state index in [9.17, 15) is 18.8 Å². The minimum atomic E-state index is -1.15. The lowest BCUT2D eigenvalue weighted by Crippen LogP contribution is -2.42. The van der Waals surface area contributed by atoms with E-state index in [-0.39, 0.29) is 5.69 Å². The van der Waals surface area contributed by atoms with E-state index in [1.807, 2.05) is 0 Å². The summed E-state index contributed by atoms with van der Waals surface area (Å²) >= 11 is 0. The van der Waals surface area contributed by atoms with Gasteiger partial charge in [-0.05, 0) is 18.6 Å². The molecule has 0 aliphatic heterocycles. The maximum Gasteiger partial charge on any atom is 0.342 e. The number of benzene rings is 1. The molecule has 1 aromatic heterocycles. The Morgan fingerprint density at radius 2 is 1.84 bits per heavy atom. The van der Waals surface area contributed by atoms with Gasteiger partial charge >= 0.3 is 5.69 Å². The van der Waals surface area contributed by atoms with Crippen LogP contribution in [-0.4, -0.2) is 15.0 Å². The molecule has 5 nitrogen and oxygen atoms in total. The van der Waals surface area contributed by atoms with Crippen LogP contribution >= 0.6 is 0 Å². The van der Waals surface area contributed by atoms with Crippen molar-refractivity contribution in [1.82, 2.24) is 9.13 Å². The van der Waals surface area contributed by atoms with E-state index < -0.39 is 23.0 Å². The average molecular weight is 262 g/mol. The van der Waals surface area contributed by atoms with Crippen molar-refractivity contribution in [3.05, 3.63) is 62.7 Å². The van der Waals surface area contributed by atoms with Crippen molar-refractivity contribution in [3.8, 4) is 5.69 Å². The lowest BCUT2D eigenvalue weighted by atomic mass is 10.2. The number of aromatic nitrogens is 2. The van der Waals surface area contributed by atoms with Gasteiger partial charge in [-0.1, -0.05) is 18.2 Å². The number of carbonyl (C=O) groups excluding carboxylic acids is 1. The van der Waals surface area contributed by atoms with Gasteiger partial charge in [0.1, 0.15) is 0 Å². The van der Waals surface area contributed by atoms with E-state index >= 15 is 0 Å².